The smallest absolute Gasteiger partial charge is 0.416 e. The number of amides is 4. The van der Waals surface area contributed by atoms with Crippen molar-refractivity contribution in [1.82, 2.24) is 19.9 Å². The Morgan fingerprint density at radius 2 is 0.569 bits per heavy atom. The molecule has 24 nitrogen and oxygen atoms in total. The van der Waals surface area contributed by atoms with Gasteiger partial charge in [-0.05, 0) is 246 Å². The zero-order valence-corrected chi connectivity index (χ0v) is 71.3. The molecule has 0 saturated carbocycles. The number of carboxylic acid groups (broad SMARTS) is 4. The second-order valence-corrected chi connectivity index (χ2v) is 30.6. The predicted octanol–water partition coefficient (Wildman–Crippen LogP) is 22.4. The number of pyridine rings is 4. The molecule has 16 aromatic rings. The molecule has 12 aromatic carbocycles. The minimum Gasteiger partial charge on any atom is -0.497 e. The van der Waals surface area contributed by atoms with Gasteiger partial charge >= 0.3 is 30.1 Å². The van der Waals surface area contributed by atoms with Crippen LogP contribution in [0.25, 0.3) is 88.1 Å². The van der Waals surface area contributed by atoms with Gasteiger partial charge in [-0.1, -0.05) is 129 Å². The van der Waals surface area contributed by atoms with Crippen LogP contribution in [0.5, 0.6) is 23.0 Å². The molecule has 0 aliphatic heterocycles. The van der Waals surface area contributed by atoms with Gasteiger partial charge in [0.05, 0.1) is 95.0 Å². The predicted molar refractivity (Wildman–Crippen MR) is 494 cm³/mol. The first kappa shape index (κ1) is 90.7. The van der Waals surface area contributed by atoms with Gasteiger partial charge in [0.2, 0.25) is 0 Å². The van der Waals surface area contributed by atoms with Crippen molar-refractivity contribution in [2.24, 2.45) is 0 Å². The largest absolute Gasteiger partial charge is 0.497 e. The van der Waals surface area contributed by atoms with Crippen molar-refractivity contribution in [3.05, 3.63) is 358 Å². The molecule has 0 aliphatic carbocycles. The number of nitrogens with one attached hydrogen (secondary N) is 4. The summed E-state index contributed by atoms with van der Waals surface area (Å²) in [6.45, 7) is 10.2. The van der Waals surface area contributed by atoms with E-state index < -0.39 is 41.5 Å². The van der Waals surface area contributed by atoms with Crippen LogP contribution in [0.2, 0.25) is 0 Å². The molecule has 0 spiro atoms. The van der Waals surface area contributed by atoms with Gasteiger partial charge in [-0.3, -0.25) is 19.2 Å². The molecule has 130 heavy (non-hydrogen) atoms. The number of halogens is 3. The van der Waals surface area contributed by atoms with Crippen molar-refractivity contribution >= 4 is 114 Å². The molecule has 0 radical (unpaired) electrons. The molecule has 4 aromatic heterocycles. The van der Waals surface area contributed by atoms with E-state index in [4.69, 9.17) is 34.3 Å². The Bertz CT molecular complexity index is 7070. The number of hydrogen-bond donors (Lipinski definition) is 8. The molecule has 0 bridgehead atoms. The Balaban J connectivity index is 0.000000148. The molecule has 0 atom stereocenters. The van der Waals surface area contributed by atoms with E-state index in [1.54, 1.807) is 187 Å². The van der Waals surface area contributed by atoms with Crippen molar-refractivity contribution in [1.29, 1.82) is 0 Å². The van der Waals surface area contributed by atoms with Crippen LogP contribution in [0.4, 0.5) is 36.4 Å². The Morgan fingerprint density at radius 1 is 0.300 bits per heavy atom. The molecule has 4 heterocycles. The fraction of sp³-hybridized carbons (Fsp3) is 0.107. The van der Waals surface area contributed by atoms with Crippen LogP contribution >= 0.6 is 0 Å². The Kier molecular flexibility index (Phi) is 27.6. The number of aromatic carboxylic acids is 4. The van der Waals surface area contributed by atoms with Crippen LogP contribution < -0.4 is 40.2 Å². The Labute approximate surface area is 742 Å². The molecule has 0 saturated heterocycles. The summed E-state index contributed by atoms with van der Waals surface area (Å²) in [5, 5.41) is 50.4. The number of rotatable bonds is 20. The molecule has 16 rings (SSSR count). The number of fused-ring (bicyclic) bond motifs is 4. The van der Waals surface area contributed by atoms with Crippen LogP contribution in [0.3, 0.4) is 0 Å². The number of carbonyl (C=O) groups excluding carboxylic acids is 4. The average Bonchev–Trinajstić information content (AvgIpc) is 0.792. The third-order valence-corrected chi connectivity index (χ3v) is 21.0. The van der Waals surface area contributed by atoms with Crippen molar-refractivity contribution in [3.63, 3.8) is 0 Å². The average molecular weight is 1750 g/mol. The van der Waals surface area contributed by atoms with Crippen LogP contribution in [0.15, 0.2) is 291 Å². The Hall–Kier alpha value is -17.0. The number of aromatic nitrogens is 4. The van der Waals surface area contributed by atoms with Crippen molar-refractivity contribution in [2.45, 2.75) is 46.2 Å². The van der Waals surface area contributed by atoms with E-state index in [2.05, 4.69) is 74.1 Å². The topological polar surface area (TPSA) is 354 Å². The van der Waals surface area contributed by atoms with Gasteiger partial charge < -0.3 is 60.6 Å². The summed E-state index contributed by atoms with van der Waals surface area (Å²) in [5.74, 6) is -1.67. The third-order valence-electron chi connectivity index (χ3n) is 21.0. The fourth-order valence-electron chi connectivity index (χ4n) is 14.3. The summed E-state index contributed by atoms with van der Waals surface area (Å²) in [6.07, 6.45) is -4.45. The SMILES string of the molecule is COc1ccc(-c2c(OC)cccc2C(=O)Nc2ccc3cc(C(=O)O)ccc3n2)cc1.COc1cccc(C(=O)Nc2ccc3cc(C(=O)O)ccc3n2)c1-c1ccc(C(C)(C)C)cc1.COc1cccc(C(=O)Nc2ccc3cc(C(=O)O)ccc3n2)c1-c1ccc(C)cc1.Cc1cccc(C(=O)Nc2ccc3cc(C(=O)O)ccc3n2)c1-c1ccc(C(F)(F)F)cc1. The zero-order chi connectivity index (χ0) is 92.8. The van der Waals surface area contributed by atoms with Crippen LogP contribution in [0.1, 0.15) is 126 Å². The van der Waals surface area contributed by atoms with Crippen molar-refractivity contribution in [3.8, 4) is 67.5 Å². The highest BCUT2D eigenvalue weighted by atomic mass is 19.4. The van der Waals surface area contributed by atoms with Gasteiger partial charge in [-0.25, -0.2) is 39.1 Å². The maximum absolute atomic E-state index is 13.3. The summed E-state index contributed by atoms with van der Waals surface area (Å²) in [7, 11) is 6.31. The standard InChI is InChI=1S/C28H26N2O4.C25H17F3N2O3.C25H20N2O5.C25H20N2O4/c1-28(2,3)20-12-8-17(9-13-20)25-21(6-5-7-23(25)34-4)26(31)30-24-15-11-18-16-19(27(32)33)10-14-22(18)29-24;1-14-3-2-4-19(22(14)15-5-9-18(10-6-15)25(26,27)28)23(31)30-21-12-8-16-13-17(24(32)33)7-11-20(16)29-21;1-31-18-10-6-15(7-11-18)23-19(4-3-5-21(23)32-2)24(28)27-22-13-9-16-14-17(25(29)30)8-12-20(16)26-22;1-15-6-8-16(9-7-15)23-19(4-3-5-21(23)31-2)24(28)27-22-13-11-17-14-18(25(29)30)10-12-20(17)26-22/h5-16H,1-4H3,(H,32,33)(H,29,30,31);2-13H,1H3,(H,32,33)(H,29,30,31);3-14H,1-2H3,(H,29,30)(H,26,27,28);3-14H,1-2H3,(H,29,30)(H,26,27,28). The first-order valence-electron chi connectivity index (χ1n) is 40.2. The van der Waals surface area contributed by atoms with Gasteiger partial charge in [0.25, 0.3) is 23.6 Å². The maximum Gasteiger partial charge on any atom is 0.416 e. The lowest BCUT2D eigenvalue weighted by Gasteiger charge is -2.20. The molecule has 4 amide bonds. The number of alkyl halides is 3. The van der Waals surface area contributed by atoms with Gasteiger partial charge in [-0.2, -0.15) is 13.2 Å². The van der Waals surface area contributed by atoms with E-state index in [1.807, 2.05) is 79.7 Å². The number of aryl methyl sites for hydroxylation is 2. The molecular formula is C103H83F3N8O16. The highest BCUT2D eigenvalue weighted by Gasteiger charge is 2.31. The number of methoxy groups -OCH3 is 4. The minimum atomic E-state index is -4.45. The lowest BCUT2D eigenvalue weighted by atomic mass is 9.86. The first-order valence-corrected chi connectivity index (χ1v) is 40.2. The number of carboxylic acids is 4. The minimum absolute atomic E-state index is 0.0203. The zero-order valence-electron chi connectivity index (χ0n) is 71.3. The normalized spacial score (nSPS) is 11.0. The van der Waals surface area contributed by atoms with E-state index in [0.717, 1.165) is 39.9 Å². The fourth-order valence-corrected chi connectivity index (χ4v) is 14.3. The quantitative estimate of drug-likeness (QED) is 0.0351. The summed E-state index contributed by atoms with van der Waals surface area (Å²) < 4.78 is 60.6. The molecule has 0 fully saturated rings. The van der Waals surface area contributed by atoms with E-state index in [9.17, 15) is 56.6 Å². The summed E-state index contributed by atoms with van der Waals surface area (Å²) in [4.78, 5) is 115. The van der Waals surface area contributed by atoms with Gasteiger partial charge in [0.15, 0.2) is 0 Å². The number of carbonyl (C=O) groups is 8. The maximum atomic E-state index is 13.3. The molecule has 652 valence electrons. The van der Waals surface area contributed by atoms with E-state index in [-0.39, 0.29) is 56.8 Å². The Morgan fingerprint density at radius 3 is 0.846 bits per heavy atom. The first-order chi connectivity index (χ1) is 62.2. The van der Waals surface area contributed by atoms with Crippen LogP contribution in [0, 0.1) is 13.8 Å². The van der Waals surface area contributed by atoms with Crippen molar-refractivity contribution < 1.29 is 90.9 Å². The molecule has 0 unspecified atom stereocenters. The second kappa shape index (κ2) is 39.5. The number of benzene rings is 12. The van der Waals surface area contributed by atoms with E-state index >= 15 is 0 Å². The number of anilines is 4. The van der Waals surface area contributed by atoms with Crippen molar-refractivity contribution in [2.75, 3.05) is 49.7 Å². The van der Waals surface area contributed by atoms with E-state index in [1.165, 1.54) is 48.0 Å². The van der Waals surface area contributed by atoms with Gasteiger partial charge in [0, 0.05) is 43.8 Å². The van der Waals surface area contributed by atoms with Crippen LogP contribution in [-0.4, -0.2) is 116 Å². The molecule has 8 N–H and O–H groups in total. The highest BCUT2D eigenvalue weighted by Crippen LogP contribution is 2.40. The summed E-state index contributed by atoms with van der Waals surface area (Å²) in [6, 6.07) is 80.9. The number of hydrogen-bond acceptors (Lipinski definition) is 16. The summed E-state index contributed by atoms with van der Waals surface area (Å²) in [5.41, 5.74) is 12.5. The highest BCUT2D eigenvalue weighted by molar-refractivity contribution is 6.13. The van der Waals surface area contributed by atoms with Crippen LogP contribution in [-0.2, 0) is 11.6 Å². The van der Waals surface area contributed by atoms with E-state index in [0.29, 0.717) is 129 Å². The third kappa shape index (κ3) is 21.3. The molecule has 27 heteroatoms. The number of ether oxygens (including phenoxy) is 4. The lowest BCUT2D eigenvalue weighted by molar-refractivity contribution is -0.137. The second-order valence-electron chi connectivity index (χ2n) is 30.6. The molecular weight excluding hydrogens is 1660 g/mol. The number of nitrogens with zero attached hydrogens (tertiary/aromatic N) is 4. The summed E-state index contributed by atoms with van der Waals surface area (Å²) >= 11 is 0. The lowest BCUT2D eigenvalue weighted by Crippen LogP contribution is -2.15. The van der Waals surface area contributed by atoms with Gasteiger partial charge in [-0.15, -0.1) is 0 Å². The monoisotopic (exact) mass is 1740 g/mol. The molecule has 0 aliphatic rings. The van der Waals surface area contributed by atoms with Gasteiger partial charge in [0.1, 0.15) is 46.3 Å².